The Hall–Kier alpha value is -2.34. The van der Waals surface area contributed by atoms with Gasteiger partial charge in [-0.3, -0.25) is 0 Å². The van der Waals surface area contributed by atoms with Crippen molar-refractivity contribution in [2.24, 2.45) is 0 Å². The van der Waals surface area contributed by atoms with Gasteiger partial charge >= 0.3 is 5.97 Å². The number of methoxy groups -OCH3 is 1. The van der Waals surface area contributed by atoms with E-state index in [1.54, 1.807) is 14.0 Å². The molecule has 0 radical (unpaired) electrons. The molecule has 2 aromatic rings. The number of anilines is 1. The summed E-state index contributed by atoms with van der Waals surface area (Å²) in [4.78, 5) is 19.8. The second-order valence-electron chi connectivity index (χ2n) is 4.31. The van der Waals surface area contributed by atoms with Crippen LogP contribution in [0.5, 0.6) is 5.75 Å². The molecule has 0 aliphatic heterocycles. The van der Waals surface area contributed by atoms with Gasteiger partial charge in [-0.1, -0.05) is 23.7 Å². The van der Waals surface area contributed by atoms with Crippen LogP contribution >= 0.6 is 11.6 Å². The molecule has 0 amide bonds. The van der Waals surface area contributed by atoms with Crippen LogP contribution in [0.4, 0.5) is 5.82 Å². The third-order valence-corrected chi connectivity index (χ3v) is 3.19. The van der Waals surface area contributed by atoms with Gasteiger partial charge in [0, 0.05) is 6.54 Å². The van der Waals surface area contributed by atoms with Crippen molar-refractivity contribution in [2.45, 2.75) is 13.5 Å². The number of benzene rings is 1. The number of nitrogens with one attached hydrogen (secondary N) is 1. The van der Waals surface area contributed by atoms with Crippen molar-refractivity contribution in [1.82, 2.24) is 9.97 Å². The third kappa shape index (κ3) is 3.85. The predicted molar refractivity (Wildman–Crippen MR) is 83.3 cm³/mol. The van der Waals surface area contributed by atoms with E-state index in [0.717, 1.165) is 11.3 Å². The molecule has 2 rings (SSSR count). The number of nitrogens with zero attached hydrogens (tertiary/aromatic N) is 2. The second kappa shape index (κ2) is 7.61. The quantitative estimate of drug-likeness (QED) is 0.651. The van der Waals surface area contributed by atoms with Crippen molar-refractivity contribution >= 4 is 23.4 Å². The molecular formula is C15H16ClN3O3. The minimum Gasteiger partial charge on any atom is -0.497 e. The summed E-state index contributed by atoms with van der Waals surface area (Å²) in [5.41, 5.74) is 1.14. The van der Waals surface area contributed by atoms with Crippen LogP contribution in [0.1, 0.15) is 22.8 Å². The van der Waals surface area contributed by atoms with Crippen molar-refractivity contribution in [2.75, 3.05) is 19.0 Å². The first-order valence-corrected chi connectivity index (χ1v) is 7.08. The van der Waals surface area contributed by atoms with Crippen LogP contribution in [0.15, 0.2) is 30.6 Å². The summed E-state index contributed by atoms with van der Waals surface area (Å²) in [7, 11) is 1.61. The van der Waals surface area contributed by atoms with Gasteiger partial charge in [0.25, 0.3) is 0 Å². The Balaban J connectivity index is 2.15. The summed E-state index contributed by atoms with van der Waals surface area (Å²) < 4.78 is 10.1. The van der Waals surface area contributed by atoms with Crippen molar-refractivity contribution < 1.29 is 14.3 Å². The molecule has 0 saturated heterocycles. The molecular weight excluding hydrogens is 306 g/mol. The number of hydrogen-bond acceptors (Lipinski definition) is 6. The molecule has 0 spiro atoms. The number of halogens is 1. The summed E-state index contributed by atoms with van der Waals surface area (Å²) in [6.45, 7) is 2.45. The maximum atomic E-state index is 11.9. The molecule has 0 fully saturated rings. The summed E-state index contributed by atoms with van der Waals surface area (Å²) in [5, 5.41) is 3.13. The van der Waals surface area contributed by atoms with Gasteiger partial charge in [0.2, 0.25) is 0 Å². The zero-order valence-electron chi connectivity index (χ0n) is 12.3. The van der Waals surface area contributed by atoms with E-state index in [1.165, 1.54) is 6.33 Å². The van der Waals surface area contributed by atoms with E-state index in [1.807, 2.05) is 24.3 Å². The molecule has 1 aromatic heterocycles. The average molecular weight is 322 g/mol. The van der Waals surface area contributed by atoms with Gasteiger partial charge in [-0.2, -0.15) is 0 Å². The molecule has 22 heavy (non-hydrogen) atoms. The molecule has 116 valence electrons. The lowest BCUT2D eigenvalue weighted by molar-refractivity contribution is 0.0527. The first-order chi connectivity index (χ1) is 10.7. The van der Waals surface area contributed by atoms with Crippen molar-refractivity contribution in [3.05, 3.63) is 46.9 Å². The number of aromatic nitrogens is 2. The minimum absolute atomic E-state index is 0.0608. The Labute approximate surface area is 133 Å². The molecule has 0 aliphatic carbocycles. The number of hydrogen-bond donors (Lipinski definition) is 1. The molecule has 7 heteroatoms. The smallest absolute Gasteiger partial charge is 0.345 e. The second-order valence-corrected chi connectivity index (χ2v) is 4.67. The Morgan fingerprint density at radius 3 is 2.64 bits per heavy atom. The number of rotatable bonds is 6. The Morgan fingerprint density at radius 2 is 2.00 bits per heavy atom. The van der Waals surface area contributed by atoms with Crippen LogP contribution in [-0.4, -0.2) is 29.7 Å². The van der Waals surface area contributed by atoms with Crippen LogP contribution in [0.3, 0.4) is 0 Å². The van der Waals surface area contributed by atoms with E-state index in [4.69, 9.17) is 21.1 Å². The highest BCUT2D eigenvalue weighted by atomic mass is 35.5. The first-order valence-electron chi connectivity index (χ1n) is 6.70. The minimum atomic E-state index is -0.551. The Bertz CT molecular complexity index is 647. The van der Waals surface area contributed by atoms with Gasteiger partial charge in [-0.25, -0.2) is 14.8 Å². The molecule has 0 aliphatic rings. The summed E-state index contributed by atoms with van der Waals surface area (Å²) in [6.07, 6.45) is 1.29. The highest BCUT2D eigenvalue weighted by Crippen LogP contribution is 2.21. The van der Waals surface area contributed by atoms with E-state index < -0.39 is 5.97 Å². The molecule has 0 saturated carbocycles. The summed E-state index contributed by atoms with van der Waals surface area (Å²) >= 11 is 5.97. The summed E-state index contributed by atoms with van der Waals surface area (Å²) in [6, 6.07) is 7.55. The van der Waals surface area contributed by atoms with Gasteiger partial charge in [0.1, 0.15) is 28.6 Å². The molecule has 0 atom stereocenters. The Morgan fingerprint density at radius 1 is 1.27 bits per heavy atom. The zero-order chi connectivity index (χ0) is 15.9. The van der Waals surface area contributed by atoms with Crippen LogP contribution in [0, 0.1) is 0 Å². The van der Waals surface area contributed by atoms with Crippen molar-refractivity contribution in [3.8, 4) is 5.75 Å². The number of carbonyl (C=O) groups is 1. The van der Waals surface area contributed by atoms with Crippen LogP contribution in [0.25, 0.3) is 0 Å². The lowest BCUT2D eigenvalue weighted by Crippen LogP contribution is -2.13. The predicted octanol–water partition coefficient (Wildman–Crippen LogP) is 2.93. The van der Waals surface area contributed by atoms with Gasteiger partial charge in [0.15, 0.2) is 0 Å². The molecule has 0 unspecified atom stereocenters. The lowest BCUT2D eigenvalue weighted by atomic mass is 10.2. The maximum absolute atomic E-state index is 11.9. The van der Waals surface area contributed by atoms with Crippen LogP contribution in [-0.2, 0) is 11.3 Å². The number of ether oxygens (including phenoxy) is 2. The fourth-order valence-corrected chi connectivity index (χ4v) is 2.02. The van der Waals surface area contributed by atoms with E-state index >= 15 is 0 Å². The monoisotopic (exact) mass is 321 g/mol. The SMILES string of the molecule is CCOC(=O)c1c(Cl)ncnc1NCc1ccc(OC)cc1. The van der Waals surface area contributed by atoms with E-state index in [2.05, 4.69) is 15.3 Å². The van der Waals surface area contributed by atoms with Crippen molar-refractivity contribution in [1.29, 1.82) is 0 Å². The van der Waals surface area contributed by atoms with E-state index in [-0.39, 0.29) is 17.3 Å². The van der Waals surface area contributed by atoms with Gasteiger partial charge in [-0.15, -0.1) is 0 Å². The third-order valence-electron chi connectivity index (χ3n) is 2.90. The van der Waals surface area contributed by atoms with Crippen LogP contribution in [0.2, 0.25) is 5.15 Å². The average Bonchev–Trinajstić information content (AvgIpc) is 2.53. The van der Waals surface area contributed by atoms with Gasteiger partial charge in [-0.05, 0) is 24.6 Å². The maximum Gasteiger partial charge on any atom is 0.345 e. The Kier molecular flexibility index (Phi) is 5.55. The molecule has 1 heterocycles. The van der Waals surface area contributed by atoms with E-state index in [0.29, 0.717) is 12.4 Å². The molecule has 0 bridgehead atoms. The highest BCUT2D eigenvalue weighted by Gasteiger charge is 2.19. The number of carbonyl (C=O) groups excluding carboxylic acids is 1. The van der Waals surface area contributed by atoms with Crippen LogP contribution < -0.4 is 10.1 Å². The highest BCUT2D eigenvalue weighted by molar-refractivity contribution is 6.33. The van der Waals surface area contributed by atoms with Crippen molar-refractivity contribution in [3.63, 3.8) is 0 Å². The summed E-state index contributed by atoms with van der Waals surface area (Å²) in [5.74, 6) is 0.570. The first kappa shape index (κ1) is 16.0. The van der Waals surface area contributed by atoms with Gasteiger partial charge < -0.3 is 14.8 Å². The fraction of sp³-hybridized carbons (Fsp3) is 0.267. The number of esters is 1. The standard InChI is InChI=1S/C15H16ClN3O3/c1-3-22-15(20)12-13(16)18-9-19-14(12)17-8-10-4-6-11(21-2)7-5-10/h4-7,9H,3,8H2,1-2H3,(H,17,18,19). The molecule has 6 nitrogen and oxygen atoms in total. The normalized spacial score (nSPS) is 10.1. The lowest BCUT2D eigenvalue weighted by Gasteiger charge is -2.11. The topological polar surface area (TPSA) is 73.3 Å². The fourth-order valence-electron chi connectivity index (χ4n) is 1.81. The van der Waals surface area contributed by atoms with Gasteiger partial charge in [0.05, 0.1) is 13.7 Å². The van der Waals surface area contributed by atoms with E-state index in [9.17, 15) is 4.79 Å². The molecule has 1 aromatic carbocycles. The largest absolute Gasteiger partial charge is 0.497 e. The molecule has 1 N–H and O–H groups in total. The zero-order valence-corrected chi connectivity index (χ0v) is 13.1.